The van der Waals surface area contributed by atoms with Crippen LogP contribution in [0.1, 0.15) is 18.6 Å². The number of ether oxygens (including phenoxy) is 2. The average molecular weight is 435 g/mol. The van der Waals surface area contributed by atoms with Gasteiger partial charge in [0.05, 0.1) is 12.2 Å². The molecule has 4 aromatic rings. The quantitative estimate of drug-likeness (QED) is 0.283. The number of rotatable bonds is 6. The largest absolute Gasteiger partial charge is 0.474 e. The summed E-state index contributed by atoms with van der Waals surface area (Å²) in [7, 11) is 0. The molecule has 1 atom stereocenters. The lowest BCUT2D eigenvalue weighted by molar-refractivity contribution is -0.151. The van der Waals surface area contributed by atoms with Gasteiger partial charge in [0.25, 0.3) is 0 Å². The van der Waals surface area contributed by atoms with Gasteiger partial charge < -0.3 is 13.9 Å². The first kappa shape index (κ1) is 20.7. The zero-order valence-corrected chi connectivity index (χ0v) is 17.5. The maximum atomic E-state index is 12.6. The molecule has 0 N–H and O–H groups in total. The van der Waals surface area contributed by atoms with Crippen LogP contribution in [0.3, 0.4) is 0 Å². The zero-order valence-electron chi connectivity index (χ0n) is 16.7. The summed E-state index contributed by atoms with van der Waals surface area (Å²) in [6.07, 6.45) is -0.932. The molecule has 1 unspecified atom stereocenters. The van der Waals surface area contributed by atoms with Crippen LogP contribution in [0.15, 0.2) is 88.1 Å². The van der Waals surface area contributed by atoms with Crippen LogP contribution < -0.4 is 10.4 Å². The van der Waals surface area contributed by atoms with E-state index in [1.165, 1.54) is 0 Å². The number of carbonyl (C=O) groups excluding carboxylic acids is 1. The summed E-state index contributed by atoms with van der Waals surface area (Å²) in [4.78, 5) is 25.0. The summed E-state index contributed by atoms with van der Waals surface area (Å²) in [5, 5.41) is 1.31. The second-order valence-corrected chi connectivity index (χ2v) is 7.25. The number of benzene rings is 3. The van der Waals surface area contributed by atoms with E-state index < -0.39 is 17.7 Å². The van der Waals surface area contributed by atoms with E-state index >= 15 is 0 Å². The Morgan fingerprint density at radius 3 is 2.45 bits per heavy atom. The first-order valence-electron chi connectivity index (χ1n) is 9.77. The van der Waals surface area contributed by atoms with Crippen molar-refractivity contribution in [1.29, 1.82) is 0 Å². The average Bonchev–Trinajstić information content (AvgIpc) is 2.78. The number of hydrogen-bond donors (Lipinski definition) is 0. The smallest absolute Gasteiger partial charge is 0.352 e. The topological polar surface area (TPSA) is 65.7 Å². The normalized spacial score (nSPS) is 11.8. The molecular formula is C25H19ClO5. The predicted molar refractivity (Wildman–Crippen MR) is 119 cm³/mol. The summed E-state index contributed by atoms with van der Waals surface area (Å²) in [5.41, 5.74) is 1.70. The van der Waals surface area contributed by atoms with E-state index in [0.29, 0.717) is 33.0 Å². The minimum Gasteiger partial charge on any atom is -0.474 e. The van der Waals surface area contributed by atoms with E-state index in [9.17, 15) is 9.59 Å². The standard InChI is InChI=1S/C25H19ClO5/c1-2-29-25(28)23(17-6-4-3-5-7-17)30-20-13-10-18-14-21(24(27)31-22(18)15-20)16-8-11-19(26)12-9-16/h3-15,23H,2H2,1H3. The van der Waals surface area contributed by atoms with Crippen molar-refractivity contribution in [3.05, 3.63) is 99.9 Å². The lowest BCUT2D eigenvalue weighted by Gasteiger charge is -2.18. The number of carbonyl (C=O) groups is 1. The predicted octanol–water partition coefficient (Wildman–Crippen LogP) is 5.80. The molecule has 4 rings (SSSR count). The van der Waals surface area contributed by atoms with Gasteiger partial charge in [0.15, 0.2) is 0 Å². The number of halogens is 1. The van der Waals surface area contributed by atoms with Gasteiger partial charge in [-0.1, -0.05) is 54.1 Å². The van der Waals surface area contributed by atoms with Crippen molar-refractivity contribution in [3.63, 3.8) is 0 Å². The fourth-order valence-electron chi connectivity index (χ4n) is 3.23. The molecule has 1 heterocycles. The minimum atomic E-state index is -0.932. The van der Waals surface area contributed by atoms with Crippen molar-refractivity contribution in [1.82, 2.24) is 0 Å². The fourth-order valence-corrected chi connectivity index (χ4v) is 3.36. The molecule has 3 aromatic carbocycles. The Morgan fingerprint density at radius 1 is 1.00 bits per heavy atom. The SMILES string of the molecule is CCOC(=O)C(Oc1ccc2cc(-c3ccc(Cl)cc3)c(=O)oc2c1)c1ccccc1. The van der Waals surface area contributed by atoms with Crippen molar-refractivity contribution in [2.24, 2.45) is 0 Å². The Hall–Kier alpha value is -3.57. The molecule has 0 aliphatic rings. The number of hydrogen-bond acceptors (Lipinski definition) is 5. The molecule has 0 spiro atoms. The molecule has 31 heavy (non-hydrogen) atoms. The first-order valence-corrected chi connectivity index (χ1v) is 10.1. The monoisotopic (exact) mass is 434 g/mol. The number of fused-ring (bicyclic) bond motifs is 1. The van der Waals surface area contributed by atoms with Crippen molar-refractivity contribution in [2.45, 2.75) is 13.0 Å². The van der Waals surface area contributed by atoms with E-state index in [1.54, 1.807) is 67.6 Å². The Kier molecular flexibility index (Phi) is 6.05. The Bertz CT molecular complexity index is 1260. The van der Waals surface area contributed by atoms with Crippen LogP contribution in [0.2, 0.25) is 5.02 Å². The summed E-state index contributed by atoms with van der Waals surface area (Å²) in [5.74, 6) is -0.106. The van der Waals surface area contributed by atoms with Crippen LogP contribution in [0.5, 0.6) is 5.75 Å². The molecule has 0 amide bonds. The van der Waals surface area contributed by atoms with E-state index in [1.807, 2.05) is 18.2 Å². The van der Waals surface area contributed by atoms with Crippen LogP contribution in [0, 0.1) is 0 Å². The fraction of sp³-hybridized carbons (Fsp3) is 0.120. The Morgan fingerprint density at radius 2 is 1.74 bits per heavy atom. The Labute approximate surface area is 183 Å². The highest BCUT2D eigenvalue weighted by molar-refractivity contribution is 6.30. The van der Waals surface area contributed by atoms with Crippen LogP contribution in [-0.4, -0.2) is 12.6 Å². The lowest BCUT2D eigenvalue weighted by Crippen LogP contribution is -2.21. The van der Waals surface area contributed by atoms with Gasteiger partial charge in [-0.15, -0.1) is 0 Å². The van der Waals surface area contributed by atoms with Crippen molar-refractivity contribution < 1.29 is 18.7 Å². The minimum absolute atomic E-state index is 0.242. The Balaban J connectivity index is 1.68. The maximum absolute atomic E-state index is 12.6. The van der Waals surface area contributed by atoms with Gasteiger partial charge in [0.1, 0.15) is 11.3 Å². The molecule has 0 saturated heterocycles. The van der Waals surface area contributed by atoms with Crippen molar-refractivity contribution >= 4 is 28.5 Å². The highest BCUT2D eigenvalue weighted by Crippen LogP contribution is 2.28. The van der Waals surface area contributed by atoms with E-state index in [0.717, 1.165) is 5.39 Å². The molecule has 1 aromatic heterocycles. The molecule has 0 saturated carbocycles. The molecule has 0 fully saturated rings. The maximum Gasteiger partial charge on any atom is 0.352 e. The lowest BCUT2D eigenvalue weighted by atomic mass is 10.1. The second kappa shape index (κ2) is 9.06. The molecule has 6 heteroatoms. The molecule has 156 valence electrons. The van der Waals surface area contributed by atoms with Crippen LogP contribution >= 0.6 is 11.6 Å². The van der Waals surface area contributed by atoms with Crippen LogP contribution in [0.4, 0.5) is 0 Å². The van der Waals surface area contributed by atoms with Gasteiger partial charge >= 0.3 is 11.6 Å². The summed E-state index contributed by atoms with van der Waals surface area (Å²) in [6, 6.07) is 22.9. The molecule has 0 radical (unpaired) electrons. The molecule has 0 aliphatic heterocycles. The van der Waals surface area contributed by atoms with E-state index in [2.05, 4.69) is 0 Å². The third-order valence-corrected chi connectivity index (χ3v) is 4.97. The molecule has 0 aliphatic carbocycles. The molecule has 5 nitrogen and oxygen atoms in total. The summed E-state index contributed by atoms with van der Waals surface area (Å²) < 4.78 is 16.6. The summed E-state index contributed by atoms with van der Waals surface area (Å²) >= 11 is 5.93. The van der Waals surface area contributed by atoms with Gasteiger partial charge in [-0.25, -0.2) is 9.59 Å². The zero-order chi connectivity index (χ0) is 21.8. The third kappa shape index (κ3) is 4.62. The highest BCUT2D eigenvalue weighted by Gasteiger charge is 2.24. The second-order valence-electron chi connectivity index (χ2n) is 6.81. The van der Waals surface area contributed by atoms with Gasteiger partial charge in [0.2, 0.25) is 6.10 Å². The third-order valence-electron chi connectivity index (χ3n) is 4.72. The number of esters is 1. The summed E-state index contributed by atoms with van der Waals surface area (Å²) in [6.45, 7) is 1.98. The van der Waals surface area contributed by atoms with Crippen LogP contribution in [0.25, 0.3) is 22.1 Å². The van der Waals surface area contributed by atoms with Gasteiger partial charge in [-0.3, -0.25) is 0 Å². The van der Waals surface area contributed by atoms with Crippen LogP contribution in [-0.2, 0) is 9.53 Å². The first-order chi connectivity index (χ1) is 15.0. The van der Waals surface area contributed by atoms with Crippen molar-refractivity contribution in [3.8, 4) is 16.9 Å². The molecule has 0 bridgehead atoms. The molecular weight excluding hydrogens is 416 g/mol. The van der Waals surface area contributed by atoms with E-state index in [4.69, 9.17) is 25.5 Å². The van der Waals surface area contributed by atoms with Gasteiger partial charge in [-0.2, -0.15) is 0 Å². The van der Waals surface area contributed by atoms with E-state index in [-0.39, 0.29) is 6.61 Å². The van der Waals surface area contributed by atoms with Crippen molar-refractivity contribution in [2.75, 3.05) is 6.61 Å². The highest BCUT2D eigenvalue weighted by atomic mass is 35.5. The van der Waals surface area contributed by atoms with Gasteiger partial charge in [-0.05, 0) is 42.8 Å². The van der Waals surface area contributed by atoms with Gasteiger partial charge in [0, 0.05) is 22.0 Å².